The molecule has 2 aromatic rings. The van der Waals surface area contributed by atoms with Crippen molar-refractivity contribution in [1.29, 1.82) is 0 Å². The second kappa shape index (κ2) is 6.05. The number of rotatable bonds is 1. The van der Waals surface area contributed by atoms with Crippen molar-refractivity contribution in [2.45, 2.75) is 50.7 Å². The standard InChI is InChI=1S/C14H23N5O5Si2/c1-25(2)21-5-8-11(23-26(3,4)24-25)10(20)14(22-8)19-7-18-9-12(15)16-6-17-13(9)19/h6-8,10-11,14,20H,5H2,1-4H3,(H2,15,16,17)/t8?,10-,11-,14-/m1/s1. The van der Waals surface area contributed by atoms with Gasteiger partial charge in [-0.15, -0.1) is 0 Å². The van der Waals surface area contributed by atoms with Crippen molar-refractivity contribution >= 4 is 34.1 Å². The summed E-state index contributed by atoms with van der Waals surface area (Å²) in [6.07, 6.45) is 0.313. The molecule has 2 saturated heterocycles. The van der Waals surface area contributed by atoms with Gasteiger partial charge in [-0.3, -0.25) is 4.57 Å². The first-order valence-corrected chi connectivity index (χ1v) is 14.1. The van der Waals surface area contributed by atoms with Gasteiger partial charge >= 0.3 is 17.1 Å². The third-order valence-electron chi connectivity index (χ3n) is 4.48. The van der Waals surface area contributed by atoms with Crippen LogP contribution in [0.25, 0.3) is 11.2 Å². The van der Waals surface area contributed by atoms with Crippen LogP contribution in [0.3, 0.4) is 0 Å². The fourth-order valence-electron chi connectivity index (χ4n) is 3.54. The molecule has 26 heavy (non-hydrogen) atoms. The lowest BCUT2D eigenvalue weighted by molar-refractivity contribution is -0.0538. The summed E-state index contributed by atoms with van der Waals surface area (Å²) in [6, 6.07) is 0. The number of hydrogen-bond donors (Lipinski definition) is 2. The Hall–Kier alpha value is -1.42. The fourth-order valence-corrected chi connectivity index (χ4v) is 10.2. The molecule has 4 heterocycles. The number of nitrogens with two attached hydrogens (primary N) is 1. The van der Waals surface area contributed by atoms with Crippen LogP contribution in [0.1, 0.15) is 6.23 Å². The normalized spacial score (nSPS) is 33.6. The zero-order chi connectivity index (χ0) is 18.7. The average molecular weight is 398 g/mol. The zero-order valence-electron chi connectivity index (χ0n) is 15.1. The number of nitrogen functional groups attached to an aromatic ring is 1. The van der Waals surface area contributed by atoms with E-state index in [1.54, 1.807) is 10.9 Å². The molecular formula is C14H23N5O5Si2. The summed E-state index contributed by atoms with van der Waals surface area (Å²) in [5, 5.41) is 10.9. The molecule has 1 unspecified atom stereocenters. The molecule has 0 spiro atoms. The lowest BCUT2D eigenvalue weighted by Crippen LogP contribution is -2.56. The van der Waals surface area contributed by atoms with Gasteiger partial charge in [-0.05, 0) is 26.2 Å². The van der Waals surface area contributed by atoms with Gasteiger partial charge in [-0.25, -0.2) is 15.0 Å². The summed E-state index contributed by atoms with van der Waals surface area (Å²) in [5.74, 6) is 0.279. The van der Waals surface area contributed by atoms with E-state index in [2.05, 4.69) is 15.0 Å². The minimum absolute atomic E-state index is 0.279. The van der Waals surface area contributed by atoms with Crippen LogP contribution in [0.5, 0.6) is 0 Å². The number of hydrogen-bond acceptors (Lipinski definition) is 9. The van der Waals surface area contributed by atoms with E-state index in [4.69, 9.17) is 23.4 Å². The van der Waals surface area contributed by atoms with Crippen LogP contribution in [0.2, 0.25) is 26.2 Å². The second-order valence-corrected chi connectivity index (χ2v) is 14.4. The van der Waals surface area contributed by atoms with Gasteiger partial charge in [0, 0.05) is 0 Å². The molecule has 0 aliphatic carbocycles. The number of fused-ring (bicyclic) bond motifs is 2. The van der Waals surface area contributed by atoms with Gasteiger partial charge in [0.2, 0.25) is 0 Å². The van der Waals surface area contributed by atoms with E-state index in [9.17, 15) is 5.11 Å². The molecule has 4 rings (SSSR count). The Labute approximate surface area is 152 Å². The van der Waals surface area contributed by atoms with E-state index in [-0.39, 0.29) is 5.82 Å². The Kier molecular flexibility index (Phi) is 4.18. The van der Waals surface area contributed by atoms with Gasteiger partial charge in [0.05, 0.1) is 12.9 Å². The molecule has 0 radical (unpaired) electrons. The average Bonchev–Trinajstić information content (AvgIpc) is 3.07. The molecule has 0 amide bonds. The van der Waals surface area contributed by atoms with Gasteiger partial charge in [-0.2, -0.15) is 0 Å². The Morgan fingerprint density at radius 2 is 1.96 bits per heavy atom. The number of nitrogens with zero attached hydrogens (tertiary/aromatic N) is 4. The fraction of sp³-hybridized carbons (Fsp3) is 0.643. The Bertz CT molecular complexity index is 831. The Balaban J connectivity index is 1.67. The van der Waals surface area contributed by atoms with E-state index in [1.807, 2.05) is 26.2 Å². The number of aromatic nitrogens is 4. The summed E-state index contributed by atoms with van der Waals surface area (Å²) >= 11 is 0. The third kappa shape index (κ3) is 3.07. The molecule has 12 heteroatoms. The van der Waals surface area contributed by atoms with Crippen molar-refractivity contribution in [3.05, 3.63) is 12.7 Å². The molecule has 0 bridgehead atoms. The molecule has 10 nitrogen and oxygen atoms in total. The quantitative estimate of drug-likeness (QED) is 0.661. The van der Waals surface area contributed by atoms with Crippen molar-refractivity contribution in [2.75, 3.05) is 12.3 Å². The molecule has 4 atom stereocenters. The SMILES string of the molecule is C[Si]1(C)OCC2O[C@@H](n3cnc4c(N)ncnc43)[C@H](O)[C@@H]2O[Si](C)(C)O1. The van der Waals surface area contributed by atoms with Crippen molar-refractivity contribution in [1.82, 2.24) is 19.5 Å². The predicted octanol–water partition coefficient (Wildman–Crippen LogP) is 0.502. The Morgan fingerprint density at radius 1 is 1.19 bits per heavy atom. The summed E-state index contributed by atoms with van der Waals surface area (Å²) in [5.41, 5.74) is 6.81. The molecule has 2 fully saturated rings. The maximum Gasteiger partial charge on any atom is 0.323 e. The maximum atomic E-state index is 10.9. The molecule has 0 saturated carbocycles. The van der Waals surface area contributed by atoms with Crippen LogP contribution >= 0.6 is 0 Å². The van der Waals surface area contributed by atoms with Crippen LogP contribution in [-0.2, 0) is 17.7 Å². The largest absolute Gasteiger partial charge is 0.415 e. The van der Waals surface area contributed by atoms with Crippen LogP contribution in [-0.4, -0.2) is 66.7 Å². The van der Waals surface area contributed by atoms with Gasteiger partial charge in [0.25, 0.3) is 0 Å². The summed E-state index contributed by atoms with van der Waals surface area (Å²) < 4.78 is 26.1. The number of aliphatic hydroxyl groups is 1. The highest BCUT2D eigenvalue weighted by atomic mass is 28.5. The number of aliphatic hydroxyl groups excluding tert-OH is 1. The predicted molar refractivity (Wildman–Crippen MR) is 96.5 cm³/mol. The molecular weight excluding hydrogens is 374 g/mol. The van der Waals surface area contributed by atoms with Gasteiger partial charge < -0.3 is 28.5 Å². The maximum absolute atomic E-state index is 10.9. The smallest absolute Gasteiger partial charge is 0.323 e. The van der Waals surface area contributed by atoms with Crippen LogP contribution in [0, 0.1) is 0 Å². The lowest BCUT2D eigenvalue weighted by atomic mass is 10.1. The second-order valence-electron chi connectivity index (χ2n) is 7.43. The molecule has 2 aliphatic rings. The van der Waals surface area contributed by atoms with E-state index < -0.39 is 41.7 Å². The molecule has 0 aromatic carbocycles. The van der Waals surface area contributed by atoms with Crippen LogP contribution in [0.4, 0.5) is 5.82 Å². The molecule has 2 aromatic heterocycles. The van der Waals surface area contributed by atoms with Crippen molar-refractivity contribution < 1.29 is 22.8 Å². The van der Waals surface area contributed by atoms with Crippen LogP contribution in [0.15, 0.2) is 12.7 Å². The number of anilines is 1. The minimum atomic E-state index is -2.49. The van der Waals surface area contributed by atoms with E-state index >= 15 is 0 Å². The van der Waals surface area contributed by atoms with E-state index in [0.29, 0.717) is 17.8 Å². The van der Waals surface area contributed by atoms with Gasteiger partial charge in [0.15, 0.2) is 17.7 Å². The summed E-state index contributed by atoms with van der Waals surface area (Å²) in [6.45, 7) is 8.17. The first kappa shape index (κ1) is 18.0. The lowest BCUT2D eigenvalue weighted by Gasteiger charge is -2.39. The van der Waals surface area contributed by atoms with Crippen LogP contribution < -0.4 is 5.73 Å². The topological polar surface area (TPSA) is 127 Å². The highest BCUT2D eigenvalue weighted by Gasteiger charge is 2.52. The van der Waals surface area contributed by atoms with E-state index in [0.717, 1.165) is 0 Å². The summed E-state index contributed by atoms with van der Waals surface area (Å²) in [4.78, 5) is 12.4. The third-order valence-corrected chi connectivity index (χ3v) is 10.1. The highest BCUT2D eigenvalue weighted by Crippen LogP contribution is 2.37. The molecule has 2 aliphatic heterocycles. The molecule has 142 valence electrons. The zero-order valence-corrected chi connectivity index (χ0v) is 17.1. The summed E-state index contributed by atoms with van der Waals surface area (Å²) in [7, 11) is -4.80. The van der Waals surface area contributed by atoms with Gasteiger partial charge in [-0.1, -0.05) is 0 Å². The number of ether oxygens (including phenoxy) is 1. The van der Waals surface area contributed by atoms with Gasteiger partial charge in [0.1, 0.15) is 30.2 Å². The first-order chi connectivity index (χ1) is 12.2. The minimum Gasteiger partial charge on any atom is -0.415 e. The Morgan fingerprint density at radius 3 is 2.73 bits per heavy atom. The number of imidazole rings is 1. The van der Waals surface area contributed by atoms with Crippen molar-refractivity contribution in [3.8, 4) is 0 Å². The first-order valence-electron chi connectivity index (χ1n) is 8.45. The highest BCUT2D eigenvalue weighted by molar-refractivity contribution is 6.78. The molecule has 3 N–H and O–H groups in total. The van der Waals surface area contributed by atoms with E-state index in [1.165, 1.54) is 6.33 Å². The van der Waals surface area contributed by atoms with Crippen molar-refractivity contribution in [3.63, 3.8) is 0 Å². The van der Waals surface area contributed by atoms with Crippen molar-refractivity contribution in [2.24, 2.45) is 0 Å². The monoisotopic (exact) mass is 397 g/mol.